The van der Waals surface area contributed by atoms with Crippen molar-refractivity contribution in [3.8, 4) is 0 Å². The van der Waals surface area contributed by atoms with Gasteiger partial charge in [-0.1, -0.05) is 29.3 Å². The molecule has 1 aromatic heterocycles. The highest BCUT2D eigenvalue weighted by Crippen LogP contribution is 2.33. The van der Waals surface area contributed by atoms with E-state index in [0.29, 0.717) is 51.0 Å². The van der Waals surface area contributed by atoms with Crippen molar-refractivity contribution in [2.75, 3.05) is 11.9 Å². The fourth-order valence-electron chi connectivity index (χ4n) is 3.26. The molecule has 0 saturated carbocycles. The highest BCUT2D eigenvalue weighted by atomic mass is 35.5. The van der Waals surface area contributed by atoms with Gasteiger partial charge in [0.05, 0.1) is 10.9 Å². The number of aliphatic carboxylic acids is 1. The van der Waals surface area contributed by atoms with Gasteiger partial charge in [-0.2, -0.15) is 0 Å². The Kier molecular flexibility index (Phi) is 4.83. The van der Waals surface area contributed by atoms with Crippen LogP contribution in [0.2, 0.25) is 10.0 Å². The van der Waals surface area contributed by atoms with Crippen molar-refractivity contribution >= 4 is 57.4 Å². The summed E-state index contributed by atoms with van der Waals surface area (Å²) in [6, 6.07) is 10.3. The number of carboxylic acid groups (broad SMARTS) is 1. The number of halogens is 2. The fourth-order valence-corrected chi connectivity index (χ4v) is 3.77. The number of anilines is 1. The Morgan fingerprint density at radius 2 is 2.00 bits per heavy atom. The number of nitrogens with zero attached hydrogens (tertiary/aromatic N) is 2. The molecule has 0 bridgehead atoms. The van der Waals surface area contributed by atoms with Crippen LogP contribution in [0.25, 0.3) is 22.6 Å². The van der Waals surface area contributed by atoms with Gasteiger partial charge in [0.1, 0.15) is 12.4 Å². The van der Waals surface area contributed by atoms with Crippen LogP contribution in [0.3, 0.4) is 0 Å². The highest BCUT2D eigenvalue weighted by molar-refractivity contribution is 6.37. The standard InChI is InChI=1S/C20H15Cl2N3O3/c21-15-2-1-3-16(22)14(15)8-11-6-7-25-19(11)24-17-9-12(23-10-18(26)27)4-5-13(17)20(25)28/h1-5,8-9,23H,6-7,10H2,(H,26,27). The summed E-state index contributed by atoms with van der Waals surface area (Å²) >= 11 is 12.5. The van der Waals surface area contributed by atoms with Crippen LogP contribution in [0.1, 0.15) is 17.8 Å². The maximum absolute atomic E-state index is 12.9. The summed E-state index contributed by atoms with van der Waals surface area (Å²) in [6.45, 7) is 0.315. The maximum atomic E-state index is 12.9. The molecule has 4 rings (SSSR count). The lowest BCUT2D eigenvalue weighted by Gasteiger charge is -2.09. The molecule has 2 aromatic carbocycles. The van der Waals surface area contributed by atoms with E-state index in [9.17, 15) is 9.59 Å². The second kappa shape index (κ2) is 7.30. The molecule has 8 heteroatoms. The predicted molar refractivity (Wildman–Crippen MR) is 111 cm³/mol. The van der Waals surface area contributed by atoms with E-state index in [4.69, 9.17) is 28.3 Å². The number of nitrogens with one attached hydrogen (secondary N) is 1. The van der Waals surface area contributed by atoms with Crippen LogP contribution in [0.5, 0.6) is 0 Å². The number of allylic oxidation sites excluding steroid dienone is 1. The molecule has 2 N–H and O–H groups in total. The predicted octanol–water partition coefficient (Wildman–Crippen LogP) is 4.14. The van der Waals surface area contributed by atoms with Gasteiger partial charge in [-0.05, 0) is 48.4 Å². The number of rotatable bonds is 4. The third-order valence-corrected chi connectivity index (χ3v) is 5.27. The zero-order valence-electron chi connectivity index (χ0n) is 14.6. The topological polar surface area (TPSA) is 84.2 Å². The van der Waals surface area contributed by atoms with Gasteiger partial charge in [-0.25, -0.2) is 4.98 Å². The summed E-state index contributed by atoms with van der Waals surface area (Å²) < 4.78 is 1.64. The molecule has 1 aliphatic rings. The van der Waals surface area contributed by atoms with Crippen LogP contribution >= 0.6 is 23.2 Å². The summed E-state index contributed by atoms with van der Waals surface area (Å²) in [4.78, 5) is 28.3. The van der Waals surface area contributed by atoms with Crippen molar-refractivity contribution in [2.24, 2.45) is 0 Å². The smallest absolute Gasteiger partial charge is 0.322 e. The second-order valence-electron chi connectivity index (χ2n) is 6.43. The van der Waals surface area contributed by atoms with Gasteiger partial charge in [0.25, 0.3) is 5.56 Å². The average Bonchev–Trinajstić information content (AvgIpc) is 3.06. The maximum Gasteiger partial charge on any atom is 0.322 e. The van der Waals surface area contributed by atoms with Crippen molar-refractivity contribution in [1.82, 2.24) is 9.55 Å². The van der Waals surface area contributed by atoms with E-state index in [0.717, 1.165) is 5.57 Å². The van der Waals surface area contributed by atoms with Gasteiger partial charge in [-0.15, -0.1) is 0 Å². The average molecular weight is 416 g/mol. The zero-order chi connectivity index (χ0) is 19.8. The third kappa shape index (κ3) is 3.37. The molecule has 6 nitrogen and oxygen atoms in total. The molecule has 0 fully saturated rings. The molecule has 28 heavy (non-hydrogen) atoms. The number of benzene rings is 2. The zero-order valence-corrected chi connectivity index (χ0v) is 16.1. The summed E-state index contributed by atoms with van der Waals surface area (Å²) in [5.41, 5.74) is 2.53. The molecule has 0 atom stereocenters. The SMILES string of the molecule is O=C(O)CNc1ccc2c(=O)n3c(nc2c1)C(=Cc1c(Cl)cccc1Cl)CC3. The Labute approximate surface area is 170 Å². The van der Waals surface area contributed by atoms with E-state index in [1.54, 1.807) is 41.0 Å². The first kappa shape index (κ1) is 18.5. The molecule has 0 aliphatic carbocycles. The van der Waals surface area contributed by atoms with Crippen molar-refractivity contribution in [1.29, 1.82) is 0 Å². The molecule has 0 unspecified atom stereocenters. The van der Waals surface area contributed by atoms with Crippen molar-refractivity contribution in [2.45, 2.75) is 13.0 Å². The number of carboxylic acids is 1. The Morgan fingerprint density at radius 3 is 2.71 bits per heavy atom. The van der Waals surface area contributed by atoms with Gasteiger partial charge in [-0.3, -0.25) is 14.2 Å². The number of fused-ring (bicyclic) bond motifs is 2. The van der Waals surface area contributed by atoms with Crippen LogP contribution in [0.15, 0.2) is 41.2 Å². The molecular weight excluding hydrogens is 401 g/mol. The van der Waals surface area contributed by atoms with E-state index < -0.39 is 5.97 Å². The Morgan fingerprint density at radius 1 is 1.25 bits per heavy atom. The molecule has 0 saturated heterocycles. The lowest BCUT2D eigenvalue weighted by atomic mass is 10.1. The number of hydrogen-bond acceptors (Lipinski definition) is 4. The summed E-state index contributed by atoms with van der Waals surface area (Å²) in [6.07, 6.45) is 2.51. The molecular formula is C20H15Cl2N3O3. The van der Waals surface area contributed by atoms with Gasteiger partial charge in [0, 0.05) is 27.8 Å². The van der Waals surface area contributed by atoms with Crippen molar-refractivity contribution in [3.63, 3.8) is 0 Å². The minimum absolute atomic E-state index is 0.126. The fraction of sp³-hybridized carbons (Fsp3) is 0.150. The molecule has 142 valence electrons. The van der Waals surface area contributed by atoms with Gasteiger partial charge in [0.15, 0.2) is 0 Å². The van der Waals surface area contributed by atoms with Crippen LogP contribution < -0.4 is 10.9 Å². The van der Waals surface area contributed by atoms with E-state index >= 15 is 0 Å². The first-order valence-electron chi connectivity index (χ1n) is 8.59. The molecule has 2 heterocycles. The van der Waals surface area contributed by atoms with Crippen LogP contribution in [-0.2, 0) is 11.3 Å². The molecule has 0 radical (unpaired) electrons. The third-order valence-electron chi connectivity index (χ3n) is 4.61. The normalized spacial score (nSPS) is 14.4. The van der Waals surface area contributed by atoms with Crippen molar-refractivity contribution < 1.29 is 9.90 Å². The summed E-state index contributed by atoms with van der Waals surface area (Å²) in [5.74, 6) is -0.396. The lowest BCUT2D eigenvalue weighted by Crippen LogP contribution is -2.21. The first-order valence-corrected chi connectivity index (χ1v) is 9.35. The second-order valence-corrected chi connectivity index (χ2v) is 7.24. The number of hydrogen-bond donors (Lipinski definition) is 2. The van der Waals surface area contributed by atoms with Crippen LogP contribution in [0.4, 0.5) is 5.69 Å². The van der Waals surface area contributed by atoms with Gasteiger partial charge >= 0.3 is 5.97 Å². The minimum atomic E-state index is -0.969. The van der Waals surface area contributed by atoms with E-state index in [2.05, 4.69) is 10.3 Å². The Balaban J connectivity index is 1.82. The molecule has 0 spiro atoms. The Bertz CT molecular complexity index is 1180. The highest BCUT2D eigenvalue weighted by Gasteiger charge is 2.21. The lowest BCUT2D eigenvalue weighted by molar-refractivity contribution is -0.134. The molecule has 3 aromatic rings. The van der Waals surface area contributed by atoms with E-state index in [-0.39, 0.29) is 12.1 Å². The monoisotopic (exact) mass is 415 g/mol. The van der Waals surface area contributed by atoms with Crippen LogP contribution in [0, 0.1) is 0 Å². The number of carbonyl (C=O) groups is 1. The summed E-state index contributed by atoms with van der Waals surface area (Å²) in [5, 5.41) is 13.2. The van der Waals surface area contributed by atoms with E-state index in [1.165, 1.54) is 0 Å². The minimum Gasteiger partial charge on any atom is -0.480 e. The van der Waals surface area contributed by atoms with Gasteiger partial charge in [0.2, 0.25) is 0 Å². The first-order chi connectivity index (χ1) is 13.4. The van der Waals surface area contributed by atoms with Gasteiger partial charge < -0.3 is 10.4 Å². The largest absolute Gasteiger partial charge is 0.480 e. The summed E-state index contributed by atoms with van der Waals surface area (Å²) in [7, 11) is 0. The van der Waals surface area contributed by atoms with Crippen molar-refractivity contribution in [3.05, 3.63) is 68.2 Å². The molecule has 1 aliphatic heterocycles. The Hall–Kier alpha value is -2.83. The van der Waals surface area contributed by atoms with Crippen LogP contribution in [-0.4, -0.2) is 27.2 Å². The quantitative estimate of drug-likeness (QED) is 0.668. The van der Waals surface area contributed by atoms with E-state index in [1.807, 2.05) is 6.08 Å². The number of aromatic nitrogens is 2. The molecule has 0 amide bonds.